The second kappa shape index (κ2) is 5.55. The molecule has 0 spiro atoms. The van der Waals surface area contributed by atoms with Crippen LogP contribution in [0.5, 0.6) is 0 Å². The summed E-state index contributed by atoms with van der Waals surface area (Å²) in [5.41, 5.74) is 3.20. The highest BCUT2D eigenvalue weighted by Gasteiger charge is 2.44. The third-order valence-electron chi connectivity index (χ3n) is 3.91. The van der Waals surface area contributed by atoms with Crippen LogP contribution in [0.2, 0.25) is 0 Å². The highest BCUT2D eigenvalue weighted by Crippen LogP contribution is 2.40. The fourth-order valence-electron chi connectivity index (χ4n) is 2.74. The maximum atomic E-state index is 6.11. The number of rotatable bonds is 5. The maximum Gasteiger partial charge on any atom is 0.194 e. The molecule has 1 saturated heterocycles. The maximum absolute atomic E-state index is 6.11. The van der Waals surface area contributed by atoms with Gasteiger partial charge in [-0.2, -0.15) is 0 Å². The molecule has 0 bridgehead atoms. The summed E-state index contributed by atoms with van der Waals surface area (Å²) < 4.78 is 13.8. The Labute approximate surface area is 129 Å². The van der Waals surface area contributed by atoms with Crippen molar-refractivity contribution in [2.45, 2.75) is 39.7 Å². The molecule has 21 heavy (non-hydrogen) atoms. The van der Waals surface area contributed by atoms with Crippen molar-refractivity contribution in [3.8, 4) is 5.13 Å². The van der Waals surface area contributed by atoms with Gasteiger partial charge in [-0.1, -0.05) is 18.3 Å². The van der Waals surface area contributed by atoms with Crippen molar-refractivity contribution in [1.82, 2.24) is 9.55 Å². The Morgan fingerprint density at radius 1 is 1.29 bits per heavy atom. The van der Waals surface area contributed by atoms with E-state index in [0.29, 0.717) is 13.2 Å². The van der Waals surface area contributed by atoms with Gasteiger partial charge in [0.2, 0.25) is 0 Å². The molecule has 0 saturated carbocycles. The number of hydrogen-bond donors (Lipinski definition) is 0. The van der Waals surface area contributed by atoms with Crippen LogP contribution >= 0.6 is 11.3 Å². The molecule has 0 N–H and O–H groups in total. The van der Waals surface area contributed by atoms with Crippen LogP contribution in [-0.4, -0.2) is 29.4 Å². The van der Waals surface area contributed by atoms with Crippen LogP contribution in [0.4, 0.5) is 0 Å². The Hall–Kier alpha value is -1.17. The van der Waals surface area contributed by atoms with Crippen LogP contribution in [0.15, 0.2) is 12.1 Å². The molecule has 4 nitrogen and oxygen atoms in total. The van der Waals surface area contributed by atoms with E-state index in [0.717, 1.165) is 23.9 Å². The quantitative estimate of drug-likeness (QED) is 0.848. The molecule has 0 aromatic carbocycles. The average Bonchev–Trinajstić information content (AvgIpc) is 2.93. The van der Waals surface area contributed by atoms with Crippen molar-refractivity contribution in [1.29, 1.82) is 0 Å². The molecule has 0 aliphatic carbocycles. The van der Waals surface area contributed by atoms with Crippen molar-refractivity contribution in [3.63, 3.8) is 0 Å². The fraction of sp³-hybridized carbons (Fsp3) is 0.562. The van der Waals surface area contributed by atoms with Gasteiger partial charge in [-0.25, -0.2) is 4.98 Å². The average molecular weight is 306 g/mol. The molecule has 0 amide bonds. The first-order valence-electron chi connectivity index (χ1n) is 7.42. The molecular formula is C16H22N2O2S. The van der Waals surface area contributed by atoms with Crippen LogP contribution in [0, 0.1) is 20.8 Å². The van der Waals surface area contributed by atoms with Crippen molar-refractivity contribution in [3.05, 3.63) is 34.1 Å². The van der Waals surface area contributed by atoms with Crippen LogP contribution < -0.4 is 0 Å². The van der Waals surface area contributed by atoms with Crippen LogP contribution in [-0.2, 0) is 15.1 Å². The van der Waals surface area contributed by atoms with Gasteiger partial charge >= 0.3 is 0 Å². The van der Waals surface area contributed by atoms with Crippen LogP contribution in [0.3, 0.4) is 0 Å². The lowest BCUT2D eigenvalue weighted by Gasteiger charge is -2.40. The van der Waals surface area contributed by atoms with Gasteiger partial charge in [-0.05, 0) is 39.3 Å². The second-order valence-electron chi connectivity index (χ2n) is 5.70. The Morgan fingerprint density at radius 2 is 1.95 bits per heavy atom. The van der Waals surface area contributed by atoms with Gasteiger partial charge in [0.25, 0.3) is 0 Å². The lowest BCUT2D eigenvalue weighted by atomic mass is 9.98. The predicted molar refractivity (Wildman–Crippen MR) is 84.4 cm³/mol. The summed E-state index contributed by atoms with van der Waals surface area (Å²) in [4.78, 5) is 5.99. The van der Waals surface area contributed by atoms with E-state index in [-0.39, 0.29) is 5.60 Å². The second-order valence-corrected chi connectivity index (χ2v) is 6.68. The lowest BCUT2D eigenvalue weighted by molar-refractivity contribution is -0.215. The lowest BCUT2D eigenvalue weighted by Crippen LogP contribution is -2.49. The molecular weight excluding hydrogens is 284 g/mol. The van der Waals surface area contributed by atoms with Crippen molar-refractivity contribution in [2.24, 2.45) is 0 Å². The number of ether oxygens (including phenoxy) is 2. The number of aryl methyl sites for hydroxylation is 3. The monoisotopic (exact) mass is 306 g/mol. The summed E-state index contributed by atoms with van der Waals surface area (Å²) in [6.45, 7) is 10.5. The first-order chi connectivity index (χ1) is 10.1. The standard InChI is InChI=1S/C16H22N2O2S/c1-5-8-20-16(9-19-10-16)14-13(4)17-15(21-14)18-11(2)6-7-12(18)3/h6-7H,5,8-10H2,1-4H3. The van der Waals surface area contributed by atoms with Gasteiger partial charge in [0.15, 0.2) is 10.7 Å². The molecule has 2 aromatic rings. The molecule has 1 aliphatic heterocycles. The van der Waals surface area contributed by atoms with E-state index < -0.39 is 0 Å². The molecule has 3 rings (SSSR count). The summed E-state index contributed by atoms with van der Waals surface area (Å²) in [7, 11) is 0. The Morgan fingerprint density at radius 3 is 2.48 bits per heavy atom. The molecule has 0 atom stereocenters. The van der Waals surface area contributed by atoms with Gasteiger partial charge in [-0.3, -0.25) is 4.57 Å². The zero-order valence-electron chi connectivity index (χ0n) is 13.1. The van der Waals surface area contributed by atoms with Crippen molar-refractivity contribution in [2.75, 3.05) is 19.8 Å². The SMILES string of the molecule is CCCOC1(c2sc(-n3c(C)ccc3C)nc2C)COC1. The normalized spacial score (nSPS) is 17.0. The Balaban J connectivity index is 1.98. The van der Waals surface area contributed by atoms with E-state index in [4.69, 9.17) is 14.5 Å². The molecule has 114 valence electrons. The Kier molecular flexibility index (Phi) is 3.90. The topological polar surface area (TPSA) is 36.3 Å². The third-order valence-corrected chi connectivity index (χ3v) is 5.24. The number of aromatic nitrogens is 2. The summed E-state index contributed by atoms with van der Waals surface area (Å²) in [5, 5.41) is 1.02. The highest BCUT2D eigenvalue weighted by atomic mass is 32.1. The van der Waals surface area contributed by atoms with Crippen LogP contribution in [0.1, 0.15) is 35.3 Å². The minimum absolute atomic E-state index is 0.273. The molecule has 2 aromatic heterocycles. The van der Waals surface area contributed by atoms with Gasteiger partial charge < -0.3 is 9.47 Å². The van der Waals surface area contributed by atoms with E-state index in [9.17, 15) is 0 Å². The first-order valence-corrected chi connectivity index (χ1v) is 8.24. The molecule has 5 heteroatoms. The van der Waals surface area contributed by atoms with Gasteiger partial charge in [-0.15, -0.1) is 0 Å². The number of nitrogens with zero attached hydrogens (tertiary/aromatic N) is 2. The van der Waals surface area contributed by atoms with E-state index in [2.05, 4.69) is 44.4 Å². The van der Waals surface area contributed by atoms with Gasteiger partial charge in [0.1, 0.15) is 0 Å². The zero-order valence-corrected chi connectivity index (χ0v) is 13.9. The Bertz CT molecular complexity index is 621. The van der Waals surface area contributed by atoms with E-state index in [1.807, 2.05) is 0 Å². The number of thiazole rings is 1. The molecule has 0 radical (unpaired) electrons. The largest absolute Gasteiger partial charge is 0.374 e. The minimum Gasteiger partial charge on any atom is -0.374 e. The van der Waals surface area contributed by atoms with E-state index in [1.165, 1.54) is 16.3 Å². The third kappa shape index (κ3) is 2.43. The zero-order chi connectivity index (χ0) is 15.0. The molecule has 1 fully saturated rings. The minimum atomic E-state index is -0.273. The van der Waals surface area contributed by atoms with Gasteiger partial charge in [0.05, 0.1) is 23.8 Å². The van der Waals surface area contributed by atoms with E-state index in [1.54, 1.807) is 11.3 Å². The summed E-state index contributed by atoms with van der Waals surface area (Å²) >= 11 is 1.73. The number of hydrogen-bond acceptors (Lipinski definition) is 4. The highest BCUT2D eigenvalue weighted by molar-refractivity contribution is 7.14. The predicted octanol–water partition coefficient (Wildman–Crippen LogP) is 3.51. The molecule has 1 aliphatic rings. The van der Waals surface area contributed by atoms with E-state index >= 15 is 0 Å². The summed E-state index contributed by atoms with van der Waals surface area (Å²) in [6.07, 6.45) is 1.02. The van der Waals surface area contributed by atoms with Crippen molar-refractivity contribution < 1.29 is 9.47 Å². The van der Waals surface area contributed by atoms with Gasteiger partial charge in [0, 0.05) is 18.0 Å². The van der Waals surface area contributed by atoms with Crippen molar-refractivity contribution >= 4 is 11.3 Å². The first kappa shape index (κ1) is 14.8. The summed E-state index contributed by atoms with van der Waals surface area (Å²) in [5.74, 6) is 0. The summed E-state index contributed by atoms with van der Waals surface area (Å²) in [6, 6.07) is 4.25. The molecule has 0 unspecified atom stereocenters. The fourth-order valence-corrected chi connectivity index (χ4v) is 4.04. The molecule has 3 heterocycles. The smallest absolute Gasteiger partial charge is 0.194 e. The van der Waals surface area contributed by atoms with Crippen LogP contribution in [0.25, 0.3) is 5.13 Å².